The first-order valence-corrected chi connectivity index (χ1v) is 18.9. The summed E-state index contributed by atoms with van der Waals surface area (Å²) >= 11 is 0. The zero-order valence-corrected chi connectivity index (χ0v) is 30.2. The van der Waals surface area contributed by atoms with Gasteiger partial charge in [-0.15, -0.1) is 0 Å². The molecule has 0 N–H and O–H groups in total. The van der Waals surface area contributed by atoms with Crippen molar-refractivity contribution < 1.29 is 9.47 Å². The molecule has 2 aliphatic heterocycles. The Morgan fingerprint density at radius 2 is 1.00 bits per heavy atom. The van der Waals surface area contributed by atoms with E-state index in [4.69, 9.17) is 9.47 Å². The molecule has 1 aromatic carbocycles. The minimum absolute atomic E-state index is 0.230. The van der Waals surface area contributed by atoms with E-state index in [1.54, 1.807) is 0 Å². The van der Waals surface area contributed by atoms with Gasteiger partial charge in [-0.3, -0.25) is 0 Å². The molecule has 44 heavy (non-hydrogen) atoms. The van der Waals surface area contributed by atoms with E-state index in [9.17, 15) is 0 Å². The van der Waals surface area contributed by atoms with Crippen LogP contribution in [-0.4, -0.2) is 19.9 Å². The van der Waals surface area contributed by atoms with E-state index in [0.717, 1.165) is 37.6 Å². The molecule has 2 bridgehead atoms. The van der Waals surface area contributed by atoms with Crippen molar-refractivity contribution in [2.24, 2.45) is 0 Å². The zero-order valence-electron chi connectivity index (χ0n) is 30.2. The van der Waals surface area contributed by atoms with Gasteiger partial charge in [-0.2, -0.15) is 0 Å². The number of benzene rings is 1. The Morgan fingerprint density at radius 1 is 0.545 bits per heavy atom. The molecule has 0 amide bonds. The average Bonchev–Trinajstić information content (AvgIpc) is 3.53. The van der Waals surface area contributed by atoms with Gasteiger partial charge in [0.15, 0.2) is 0 Å². The molecule has 1 aromatic rings. The van der Waals surface area contributed by atoms with Crippen LogP contribution in [0.15, 0.2) is 46.7 Å². The van der Waals surface area contributed by atoms with Gasteiger partial charge in [0, 0.05) is 0 Å². The van der Waals surface area contributed by atoms with Gasteiger partial charge in [0.05, 0.1) is 13.2 Å². The summed E-state index contributed by atoms with van der Waals surface area (Å²) < 4.78 is 13.1. The highest BCUT2D eigenvalue weighted by Crippen LogP contribution is 2.41. The normalized spacial score (nSPS) is 14.5. The minimum Gasteiger partial charge on any atom is -0.494 e. The molecule has 0 radical (unpaired) electrons. The number of hydrogen-bond acceptors (Lipinski definition) is 2. The van der Waals surface area contributed by atoms with E-state index in [0.29, 0.717) is 17.8 Å². The van der Waals surface area contributed by atoms with Crippen LogP contribution >= 0.6 is 0 Å². The molecule has 246 valence electrons. The Labute approximate surface area is 273 Å². The Bertz CT molecular complexity index is 1060. The summed E-state index contributed by atoms with van der Waals surface area (Å²) in [4.78, 5) is 0. The molecule has 2 aliphatic rings. The Kier molecular flexibility index (Phi) is 16.3. The van der Waals surface area contributed by atoms with Crippen LogP contribution in [0.2, 0.25) is 0 Å². The number of allylic oxidation sites excluding steroid dienone is 4. The molecular formula is C41H67BO2. The van der Waals surface area contributed by atoms with Gasteiger partial charge in [-0.05, 0) is 70.4 Å². The van der Waals surface area contributed by atoms with Crippen LogP contribution in [0.1, 0.15) is 193 Å². The van der Waals surface area contributed by atoms with Crippen LogP contribution in [0.3, 0.4) is 0 Å². The van der Waals surface area contributed by atoms with E-state index in [2.05, 4.69) is 79.7 Å². The number of ether oxygens (including phenoxy) is 2. The van der Waals surface area contributed by atoms with Gasteiger partial charge in [0.2, 0.25) is 0 Å². The quantitative estimate of drug-likeness (QED) is 0.0866. The van der Waals surface area contributed by atoms with Crippen molar-refractivity contribution in [2.45, 2.75) is 176 Å². The van der Waals surface area contributed by atoms with Crippen LogP contribution < -0.4 is 5.46 Å². The Morgan fingerprint density at radius 3 is 1.45 bits per heavy atom. The summed E-state index contributed by atoms with van der Waals surface area (Å²) in [5, 5.41) is 0. The highest BCUT2D eigenvalue weighted by molar-refractivity contribution is 6.90. The lowest BCUT2D eigenvalue weighted by molar-refractivity contribution is 0.207. The predicted octanol–water partition coefficient (Wildman–Crippen LogP) is 12.2. The fourth-order valence-electron chi connectivity index (χ4n) is 6.95. The Hall–Kier alpha value is -1.90. The average molecular weight is 603 g/mol. The maximum atomic E-state index is 6.55. The molecule has 2 nitrogen and oxygen atoms in total. The first-order chi connectivity index (χ1) is 21.3. The SMILES string of the molecule is CCCCCCCCCCOC1=CC2=C(OCCCCCCCCCC)C=C1B2c1c(C(C)C)cc(C(C)C)cc1C(C)C. The van der Waals surface area contributed by atoms with Crippen LogP contribution in [0.4, 0.5) is 0 Å². The summed E-state index contributed by atoms with van der Waals surface area (Å²) in [6.07, 6.45) is 25.8. The second-order valence-electron chi connectivity index (χ2n) is 14.6. The molecule has 2 heterocycles. The van der Waals surface area contributed by atoms with E-state index in [-0.39, 0.29) is 6.71 Å². The minimum atomic E-state index is 0.230. The van der Waals surface area contributed by atoms with Crippen molar-refractivity contribution in [2.75, 3.05) is 13.2 Å². The Balaban J connectivity index is 1.73. The molecule has 3 rings (SSSR count). The first-order valence-electron chi connectivity index (χ1n) is 18.9. The fraction of sp³-hybridized carbons (Fsp3) is 0.707. The summed E-state index contributed by atoms with van der Waals surface area (Å²) in [5.41, 5.74) is 8.61. The molecule has 0 saturated heterocycles. The lowest BCUT2D eigenvalue weighted by Crippen LogP contribution is -2.38. The van der Waals surface area contributed by atoms with Gasteiger partial charge in [0.25, 0.3) is 6.71 Å². The van der Waals surface area contributed by atoms with Crippen molar-refractivity contribution in [1.82, 2.24) is 0 Å². The van der Waals surface area contributed by atoms with Crippen molar-refractivity contribution in [3.8, 4) is 0 Å². The third-order valence-electron chi connectivity index (χ3n) is 9.74. The summed E-state index contributed by atoms with van der Waals surface area (Å²) in [5.74, 6) is 3.62. The number of hydrogen-bond donors (Lipinski definition) is 0. The third-order valence-corrected chi connectivity index (χ3v) is 9.74. The molecule has 3 heteroatoms. The predicted molar refractivity (Wildman–Crippen MR) is 194 cm³/mol. The van der Waals surface area contributed by atoms with Gasteiger partial charge in [-0.25, -0.2) is 0 Å². The highest BCUT2D eigenvalue weighted by Gasteiger charge is 2.43. The maximum absolute atomic E-state index is 6.55. The first kappa shape index (κ1) is 36.6. The van der Waals surface area contributed by atoms with Gasteiger partial charge < -0.3 is 9.47 Å². The van der Waals surface area contributed by atoms with E-state index < -0.39 is 0 Å². The van der Waals surface area contributed by atoms with Crippen LogP contribution in [0.5, 0.6) is 0 Å². The van der Waals surface area contributed by atoms with Gasteiger partial charge in [-0.1, -0.05) is 163 Å². The standard InChI is InChI=1S/C41H67BO2/c1-9-11-13-15-17-19-21-23-25-43-39-29-38-40(44-26-24-22-20-18-16-14-12-10-2)30-37(39)42(38)41-35(32(5)6)27-34(31(3)4)28-36(41)33(7)8/h27-33H,9-26H2,1-8H3. The second-order valence-corrected chi connectivity index (χ2v) is 14.6. The lowest BCUT2D eigenvalue weighted by Gasteiger charge is -2.26. The summed E-state index contributed by atoms with van der Waals surface area (Å²) in [6, 6.07) is 5.00. The molecule has 0 spiro atoms. The van der Waals surface area contributed by atoms with Crippen molar-refractivity contribution in [1.29, 1.82) is 0 Å². The van der Waals surface area contributed by atoms with E-state index in [1.807, 2.05) is 0 Å². The number of fused-ring (bicyclic) bond motifs is 2. The highest BCUT2D eigenvalue weighted by atomic mass is 16.5. The largest absolute Gasteiger partial charge is 0.494 e. The van der Waals surface area contributed by atoms with Crippen molar-refractivity contribution in [3.05, 3.63) is 63.4 Å². The lowest BCUT2D eigenvalue weighted by atomic mass is 9.37. The topological polar surface area (TPSA) is 18.5 Å². The molecular weight excluding hydrogens is 535 g/mol. The van der Waals surface area contributed by atoms with E-state index in [1.165, 1.54) is 123 Å². The third kappa shape index (κ3) is 10.6. The van der Waals surface area contributed by atoms with Crippen LogP contribution in [0, 0.1) is 0 Å². The van der Waals surface area contributed by atoms with Crippen LogP contribution in [0.25, 0.3) is 0 Å². The second kappa shape index (κ2) is 19.6. The number of unbranched alkanes of at least 4 members (excludes halogenated alkanes) is 14. The molecule has 0 unspecified atom stereocenters. The van der Waals surface area contributed by atoms with Gasteiger partial charge in [0.1, 0.15) is 11.5 Å². The zero-order chi connectivity index (χ0) is 31.9. The fourth-order valence-corrected chi connectivity index (χ4v) is 6.95. The van der Waals surface area contributed by atoms with Gasteiger partial charge >= 0.3 is 0 Å². The summed E-state index contributed by atoms with van der Waals surface area (Å²) in [6.45, 7) is 20.5. The molecule has 0 fully saturated rings. The monoisotopic (exact) mass is 603 g/mol. The van der Waals surface area contributed by atoms with Crippen molar-refractivity contribution >= 4 is 12.2 Å². The molecule has 0 aromatic heterocycles. The van der Waals surface area contributed by atoms with Crippen LogP contribution in [-0.2, 0) is 9.47 Å². The number of rotatable bonds is 24. The van der Waals surface area contributed by atoms with Crippen molar-refractivity contribution in [3.63, 3.8) is 0 Å². The maximum Gasteiger partial charge on any atom is 0.251 e. The van der Waals surface area contributed by atoms with E-state index >= 15 is 0 Å². The summed E-state index contributed by atoms with van der Waals surface area (Å²) in [7, 11) is 0. The molecule has 0 saturated carbocycles. The molecule has 0 aliphatic carbocycles. The smallest absolute Gasteiger partial charge is 0.251 e. The molecule has 0 atom stereocenters.